The third kappa shape index (κ3) is 2.78. The molecule has 1 amide bonds. The zero-order valence-electron chi connectivity index (χ0n) is 11.8. The fraction of sp³-hybridized carbons (Fsp3) is 0.533. The number of para-hydroxylation sites is 1. The lowest BCUT2D eigenvalue weighted by Crippen LogP contribution is -2.47. The molecular weight excluding hydrogens is 252 g/mol. The van der Waals surface area contributed by atoms with E-state index < -0.39 is 0 Å². The average molecular weight is 274 g/mol. The van der Waals surface area contributed by atoms with Crippen molar-refractivity contribution >= 4 is 11.6 Å². The van der Waals surface area contributed by atoms with Gasteiger partial charge >= 0.3 is 0 Å². The van der Waals surface area contributed by atoms with Crippen LogP contribution in [0.4, 0.5) is 5.69 Å². The van der Waals surface area contributed by atoms with Crippen molar-refractivity contribution in [3.8, 4) is 0 Å². The molecule has 0 atom stereocenters. The van der Waals surface area contributed by atoms with Crippen LogP contribution in [0.3, 0.4) is 0 Å². The predicted octanol–water partition coefficient (Wildman–Crippen LogP) is 0.142. The van der Waals surface area contributed by atoms with Gasteiger partial charge in [0.1, 0.15) is 0 Å². The van der Waals surface area contributed by atoms with Gasteiger partial charge in [0.15, 0.2) is 0 Å². The smallest absolute Gasteiger partial charge is 0.256 e. The maximum Gasteiger partial charge on any atom is 0.256 e. The van der Waals surface area contributed by atoms with E-state index in [1.54, 1.807) is 0 Å². The molecule has 1 aromatic carbocycles. The van der Waals surface area contributed by atoms with Crippen molar-refractivity contribution in [1.29, 1.82) is 0 Å². The fourth-order valence-corrected chi connectivity index (χ4v) is 2.87. The van der Waals surface area contributed by atoms with Gasteiger partial charge in [0.25, 0.3) is 5.91 Å². The molecule has 20 heavy (non-hydrogen) atoms. The van der Waals surface area contributed by atoms with Crippen LogP contribution in [0, 0.1) is 0 Å². The van der Waals surface area contributed by atoms with E-state index in [1.165, 1.54) is 0 Å². The molecule has 0 radical (unpaired) electrons. The second kappa shape index (κ2) is 6.24. The lowest BCUT2D eigenvalue weighted by Gasteiger charge is -2.33. The van der Waals surface area contributed by atoms with Gasteiger partial charge in [-0.25, -0.2) is 0 Å². The van der Waals surface area contributed by atoms with Crippen LogP contribution < -0.4 is 15.5 Å². The van der Waals surface area contributed by atoms with Crippen molar-refractivity contribution in [2.45, 2.75) is 0 Å². The average Bonchev–Trinajstić information content (AvgIpc) is 2.56. The number of carbonyl (C=O) groups excluding carboxylic acids is 1. The van der Waals surface area contributed by atoms with Crippen LogP contribution in [0.1, 0.15) is 10.4 Å². The largest absolute Gasteiger partial charge is 0.368 e. The summed E-state index contributed by atoms with van der Waals surface area (Å²) in [7, 11) is 0. The number of nitrogens with zero attached hydrogens (tertiary/aromatic N) is 2. The van der Waals surface area contributed by atoms with Crippen LogP contribution in [0.5, 0.6) is 0 Å². The van der Waals surface area contributed by atoms with Crippen LogP contribution in [-0.4, -0.2) is 63.2 Å². The van der Waals surface area contributed by atoms with Crippen molar-refractivity contribution in [1.82, 2.24) is 15.5 Å². The molecule has 2 N–H and O–H groups in total. The molecule has 5 heteroatoms. The molecule has 2 heterocycles. The van der Waals surface area contributed by atoms with Crippen LogP contribution >= 0.6 is 0 Å². The third-order valence-corrected chi connectivity index (χ3v) is 4.00. The zero-order valence-corrected chi connectivity index (χ0v) is 11.8. The van der Waals surface area contributed by atoms with Gasteiger partial charge in [-0.2, -0.15) is 0 Å². The molecule has 0 saturated carbocycles. The van der Waals surface area contributed by atoms with Crippen LogP contribution in [-0.2, 0) is 0 Å². The lowest BCUT2D eigenvalue weighted by atomic mass is 10.1. The highest BCUT2D eigenvalue weighted by atomic mass is 16.2. The Balaban J connectivity index is 1.82. The molecule has 1 aromatic rings. The van der Waals surface area contributed by atoms with Gasteiger partial charge in [-0.1, -0.05) is 12.1 Å². The first-order valence-corrected chi connectivity index (χ1v) is 7.41. The van der Waals surface area contributed by atoms with E-state index in [4.69, 9.17) is 0 Å². The minimum absolute atomic E-state index is 0.167. The quantitative estimate of drug-likeness (QED) is 0.805. The molecule has 0 unspecified atom stereocenters. The summed E-state index contributed by atoms with van der Waals surface area (Å²) in [5, 5.41) is 6.64. The number of anilines is 1. The first-order chi connectivity index (χ1) is 9.86. The van der Waals surface area contributed by atoms with Crippen molar-refractivity contribution in [3.05, 3.63) is 29.8 Å². The Bertz CT molecular complexity index is 465. The van der Waals surface area contributed by atoms with E-state index in [9.17, 15) is 4.79 Å². The fourth-order valence-electron chi connectivity index (χ4n) is 2.87. The topological polar surface area (TPSA) is 47.6 Å². The Labute approximate surface area is 119 Å². The first kappa shape index (κ1) is 13.4. The maximum atomic E-state index is 12.7. The molecule has 3 rings (SSSR count). The van der Waals surface area contributed by atoms with E-state index in [0.717, 1.165) is 63.6 Å². The summed E-state index contributed by atoms with van der Waals surface area (Å²) >= 11 is 0. The number of carbonyl (C=O) groups is 1. The minimum Gasteiger partial charge on any atom is -0.368 e. The molecule has 108 valence electrons. The predicted molar refractivity (Wildman–Crippen MR) is 80.3 cm³/mol. The second-order valence-electron chi connectivity index (χ2n) is 5.30. The number of hydrogen-bond donors (Lipinski definition) is 2. The summed E-state index contributed by atoms with van der Waals surface area (Å²) in [4.78, 5) is 17.0. The number of nitrogens with one attached hydrogen (secondary N) is 2. The molecule has 2 saturated heterocycles. The second-order valence-corrected chi connectivity index (χ2v) is 5.30. The van der Waals surface area contributed by atoms with E-state index in [0.29, 0.717) is 0 Å². The summed E-state index contributed by atoms with van der Waals surface area (Å²) in [5.41, 5.74) is 1.92. The van der Waals surface area contributed by atoms with Gasteiger partial charge in [0, 0.05) is 58.0 Å². The summed E-state index contributed by atoms with van der Waals surface area (Å²) in [6.45, 7) is 7.27. The number of benzene rings is 1. The Morgan fingerprint density at radius 3 is 2.20 bits per heavy atom. The van der Waals surface area contributed by atoms with Gasteiger partial charge in [-0.3, -0.25) is 4.79 Å². The van der Waals surface area contributed by atoms with Crippen molar-refractivity contribution < 1.29 is 4.79 Å². The lowest BCUT2D eigenvalue weighted by molar-refractivity contribution is 0.0736. The zero-order chi connectivity index (χ0) is 13.8. The third-order valence-electron chi connectivity index (χ3n) is 4.00. The monoisotopic (exact) mass is 274 g/mol. The van der Waals surface area contributed by atoms with Gasteiger partial charge < -0.3 is 20.4 Å². The van der Waals surface area contributed by atoms with Crippen molar-refractivity contribution in [2.24, 2.45) is 0 Å². The van der Waals surface area contributed by atoms with Gasteiger partial charge in [0.05, 0.1) is 5.56 Å². The Morgan fingerprint density at radius 1 is 0.900 bits per heavy atom. The number of amides is 1. The summed E-state index contributed by atoms with van der Waals surface area (Å²) in [6.07, 6.45) is 0. The molecule has 2 aliphatic rings. The first-order valence-electron chi connectivity index (χ1n) is 7.41. The minimum atomic E-state index is 0.167. The molecule has 0 bridgehead atoms. The highest BCUT2D eigenvalue weighted by molar-refractivity contribution is 6.00. The highest BCUT2D eigenvalue weighted by Gasteiger charge is 2.23. The van der Waals surface area contributed by atoms with Gasteiger partial charge in [0.2, 0.25) is 0 Å². The molecule has 5 nitrogen and oxygen atoms in total. The number of hydrogen-bond acceptors (Lipinski definition) is 4. The highest BCUT2D eigenvalue weighted by Crippen LogP contribution is 2.22. The summed E-state index contributed by atoms with van der Waals surface area (Å²) in [6, 6.07) is 8.01. The van der Waals surface area contributed by atoms with Crippen molar-refractivity contribution in [2.75, 3.05) is 57.3 Å². The molecular formula is C15H22N4O. The summed E-state index contributed by atoms with van der Waals surface area (Å²) in [5.74, 6) is 0.167. The van der Waals surface area contributed by atoms with Crippen LogP contribution in [0.25, 0.3) is 0 Å². The molecule has 2 fully saturated rings. The summed E-state index contributed by atoms with van der Waals surface area (Å²) < 4.78 is 0. The van der Waals surface area contributed by atoms with E-state index >= 15 is 0 Å². The van der Waals surface area contributed by atoms with Crippen LogP contribution in [0.15, 0.2) is 24.3 Å². The standard InChI is InChI=1S/C15H22N4O/c20-15(19-11-7-17-8-12-19)13-3-1-2-4-14(13)18-9-5-16-6-10-18/h1-4,16-17H,5-12H2. The number of rotatable bonds is 2. The Morgan fingerprint density at radius 2 is 1.50 bits per heavy atom. The van der Waals surface area contributed by atoms with Crippen molar-refractivity contribution in [3.63, 3.8) is 0 Å². The molecule has 0 spiro atoms. The maximum absolute atomic E-state index is 12.7. The normalized spacial score (nSPS) is 20.0. The Hall–Kier alpha value is -1.59. The molecule has 2 aliphatic heterocycles. The Kier molecular flexibility index (Phi) is 4.18. The molecule has 0 aromatic heterocycles. The van der Waals surface area contributed by atoms with E-state index in [1.807, 2.05) is 23.1 Å². The van der Waals surface area contributed by atoms with E-state index in [-0.39, 0.29) is 5.91 Å². The SMILES string of the molecule is O=C(c1ccccc1N1CCNCC1)N1CCNCC1. The molecule has 0 aliphatic carbocycles. The number of piperazine rings is 2. The van der Waals surface area contributed by atoms with Gasteiger partial charge in [-0.05, 0) is 12.1 Å². The van der Waals surface area contributed by atoms with Crippen LogP contribution in [0.2, 0.25) is 0 Å². The van der Waals surface area contributed by atoms with E-state index in [2.05, 4.69) is 21.6 Å². The van der Waals surface area contributed by atoms with Gasteiger partial charge in [-0.15, -0.1) is 0 Å².